The largest absolute Gasteiger partial charge is 0.483 e. The second-order valence-electron chi connectivity index (χ2n) is 10.2. The summed E-state index contributed by atoms with van der Waals surface area (Å²) < 4.78 is 6.75. The van der Waals surface area contributed by atoms with Gasteiger partial charge in [0, 0.05) is 34.6 Å². The number of nitrogens with zero attached hydrogens (tertiary/aromatic N) is 1. The lowest BCUT2D eigenvalue weighted by Crippen LogP contribution is -2.53. The minimum Gasteiger partial charge on any atom is -0.483 e. The molecule has 5 nitrogen and oxygen atoms in total. The molecule has 0 unspecified atom stereocenters. The number of benzene rings is 3. The van der Waals surface area contributed by atoms with Gasteiger partial charge in [0.2, 0.25) is 5.91 Å². The van der Waals surface area contributed by atoms with E-state index in [1.807, 2.05) is 48.5 Å². The van der Waals surface area contributed by atoms with Crippen molar-refractivity contribution in [1.29, 1.82) is 0 Å². The zero-order valence-electron chi connectivity index (χ0n) is 22.7. The molecular formula is C32H35BrCl2N2O3. The molecule has 1 fully saturated rings. The van der Waals surface area contributed by atoms with E-state index >= 15 is 0 Å². The molecule has 8 heteroatoms. The molecule has 3 aromatic carbocycles. The zero-order valence-corrected chi connectivity index (χ0v) is 25.8. The SMILES string of the molecule is CCc1ccc(OCC(=O)N(Cc2c(Cl)cccc2Cl)[C@H](Cc2ccccc2)C(=O)NC2CCCCC2)c(Br)c1. The molecule has 40 heavy (non-hydrogen) atoms. The molecule has 0 heterocycles. The summed E-state index contributed by atoms with van der Waals surface area (Å²) >= 11 is 16.6. The molecule has 0 aromatic heterocycles. The third-order valence-corrected chi connectivity index (χ3v) is 8.70. The van der Waals surface area contributed by atoms with Crippen LogP contribution in [-0.4, -0.2) is 35.4 Å². The molecule has 1 aliphatic rings. The Labute approximate surface area is 255 Å². The molecule has 0 aliphatic heterocycles. The Balaban J connectivity index is 1.65. The Kier molecular flexibility index (Phi) is 11.3. The highest BCUT2D eigenvalue weighted by Crippen LogP contribution is 2.29. The summed E-state index contributed by atoms with van der Waals surface area (Å²) in [4.78, 5) is 29.4. The van der Waals surface area contributed by atoms with Crippen LogP contribution in [0.4, 0.5) is 0 Å². The predicted molar refractivity (Wildman–Crippen MR) is 165 cm³/mol. The topological polar surface area (TPSA) is 58.6 Å². The van der Waals surface area contributed by atoms with Gasteiger partial charge in [-0.3, -0.25) is 9.59 Å². The van der Waals surface area contributed by atoms with Crippen molar-refractivity contribution in [2.75, 3.05) is 6.61 Å². The predicted octanol–water partition coefficient (Wildman–Crippen LogP) is 7.79. The Hall–Kier alpha value is -2.54. The lowest BCUT2D eigenvalue weighted by Gasteiger charge is -2.33. The van der Waals surface area contributed by atoms with Crippen LogP contribution in [0.2, 0.25) is 10.0 Å². The number of rotatable bonds is 11. The van der Waals surface area contributed by atoms with E-state index in [0.717, 1.165) is 47.7 Å². The van der Waals surface area contributed by atoms with E-state index in [4.69, 9.17) is 27.9 Å². The average molecular weight is 646 g/mol. The molecule has 1 atom stereocenters. The number of hydrogen-bond donors (Lipinski definition) is 1. The van der Waals surface area contributed by atoms with Crippen LogP contribution in [0.5, 0.6) is 5.75 Å². The van der Waals surface area contributed by atoms with Gasteiger partial charge in [0.15, 0.2) is 6.61 Å². The summed E-state index contributed by atoms with van der Waals surface area (Å²) in [6.07, 6.45) is 6.49. The van der Waals surface area contributed by atoms with Gasteiger partial charge in [-0.15, -0.1) is 0 Å². The summed E-state index contributed by atoms with van der Waals surface area (Å²) in [7, 11) is 0. The fourth-order valence-electron chi connectivity index (χ4n) is 5.06. The van der Waals surface area contributed by atoms with Gasteiger partial charge in [-0.25, -0.2) is 0 Å². The molecule has 0 saturated heterocycles. The number of nitrogens with one attached hydrogen (secondary N) is 1. The van der Waals surface area contributed by atoms with Crippen molar-refractivity contribution in [3.05, 3.63) is 97.9 Å². The smallest absolute Gasteiger partial charge is 0.261 e. The van der Waals surface area contributed by atoms with E-state index in [1.165, 1.54) is 6.42 Å². The maximum absolute atomic E-state index is 13.9. The molecule has 0 spiro atoms. The fraction of sp³-hybridized carbons (Fsp3) is 0.375. The second-order valence-corrected chi connectivity index (χ2v) is 11.8. The molecule has 3 aromatic rings. The van der Waals surface area contributed by atoms with Crippen molar-refractivity contribution in [1.82, 2.24) is 10.2 Å². The van der Waals surface area contributed by atoms with E-state index < -0.39 is 6.04 Å². The first-order chi connectivity index (χ1) is 19.4. The van der Waals surface area contributed by atoms with E-state index in [0.29, 0.717) is 27.8 Å². The molecule has 1 saturated carbocycles. The lowest BCUT2D eigenvalue weighted by molar-refractivity contribution is -0.143. The summed E-state index contributed by atoms with van der Waals surface area (Å²) in [5.41, 5.74) is 2.70. The van der Waals surface area contributed by atoms with E-state index in [2.05, 4.69) is 28.2 Å². The van der Waals surface area contributed by atoms with Crippen molar-refractivity contribution in [3.8, 4) is 5.75 Å². The normalized spacial score (nSPS) is 14.4. The monoisotopic (exact) mass is 644 g/mol. The van der Waals surface area contributed by atoms with Crippen LogP contribution in [0.25, 0.3) is 0 Å². The highest BCUT2D eigenvalue weighted by molar-refractivity contribution is 9.10. The summed E-state index contributed by atoms with van der Waals surface area (Å²) in [5, 5.41) is 4.12. The van der Waals surface area contributed by atoms with Crippen molar-refractivity contribution in [3.63, 3.8) is 0 Å². The Morgan fingerprint density at radius 1 is 0.975 bits per heavy atom. The molecule has 1 N–H and O–H groups in total. The van der Waals surface area contributed by atoms with Crippen LogP contribution in [0.15, 0.2) is 71.2 Å². The average Bonchev–Trinajstić information content (AvgIpc) is 2.96. The molecule has 4 rings (SSSR count). The summed E-state index contributed by atoms with van der Waals surface area (Å²) in [6.45, 7) is 1.91. The van der Waals surface area contributed by atoms with Gasteiger partial charge in [-0.1, -0.05) is 91.9 Å². The van der Waals surface area contributed by atoms with Crippen LogP contribution >= 0.6 is 39.1 Å². The molecule has 0 bridgehead atoms. The molecule has 0 radical (unpaired) electrons. The molecule has 212 valence electrons. The number of carbonyl (C=O) groups is 2. The first kappa shape index (κ1) is 30.4. The summed E-state index contributed by atoms with van der Waals surface area (Å²) in [6, 6.07) is 20.1. The first-order valence-electron chi connectivity index (χ1n) is 13.8. The van der Waals surface area contributed by atoms with Gasteiger partial charge >= 0.3 is 0 Å². The van der Waals surface area contributed by atoms with E-state index in [-0.39, 0.29) is 31.0 Å². The number of hydrogen-bond acceptors (Lipinski definition) is 3. The van der Waals surface area contributed by atoms with Gasteiger partial charge in [-0.2, -0.15) is 0 Å². The fourth-order valence-corrected chi connectivity index (χ4v) is 6.11. The van der Waals surface area contributed by atoms with Crippen LogP contribution in [0, 0.1) is 0 Å². The van der Waals surface area contributed by atoms with Crippen LogP contribution < -0.4 is 10.1 Å². The van der Waals surface area contributed by atoms with Crippen molar-refractivity contribution in [2.45, 2.75) is 70.5 Å². The van der Waals surface area contributed by atoms with Crippen molar-refractivity contribution >= 4 is 50.9 Å². The highest BCUT2D eigenvalue weighted by Gasteiger charge is 2.33. The summed E-state index contributed by atoms with van der Waals surface area (Å²) in [5.74, 6) is 0.0514. The number of aryl methyl sites for hydroxylation is 1. The molecule has 1 aliphatic carbocycles. The van der Waals surface area contributed by atoms with E-state index in [1.54, 1.807) is 23.1 Å². The zero-order chi connectivity index (χ0) is 28.5. The minimum atomic E-state index is -0.779. The van der Waals surface area contributed by atoms with Gasteiger partial charge < -0.3 is 15.0 Å². The van der Waals surface area contributed by atoms with Crippen LogP contribution in [0.1, 0.15) is 55.7 Å². The van der Waals surface area contributed by atoms with Gasteiger partial charge in [0.05, 0.1) is 4.47 Å². The van der Waals surface area contributed by atoms with Gasteiger partial charge in [-0.05, 0) is 70.6 Å². The highest BCUT2D eigenvalue weighted by atomic mass is 79.9. The first-order valence-corrected chi connectivity index (χ1v) is 15.4. The van der Waals surface area contributed by atoms with Gasteiger partial charge in [0.25, 0.3) is 5.91 Å². The van der Waals surface area contributed by atoms with Crippen LogP contribution in [-0.2, 0) is 29.0 Å². The maximum Gasteiger partial charge on any atom is 0.261 e. The maximum atomic E-state index is 13.9. The van der Waals surface area contributed by atoms with Gasteiger partial charge in [0.1, 0.15) is 11.8 Å². The Morgan fingerprint density at radius 3 is 2.33 bits per heavy atom. The number of halogens is 3. The number of carbonyl (C=O) groups excluding carboxylic acids is 2. The Morgan fingerprint density at radius 2 is 1.68 bits per heavy atom. The van der Waals surface area contributed by atoms with E-state index in [9.17, 15) is 9.59 Å². The standard InChI is InChI=1S/C32H35BrCl2N2O3/c1-2-22-16-17-30(26(33)18-22)40-21-31(38)37(20-25-27(34)14-9-15-28(25)35)29(19-23-10-5-3-6-11-23)32(39)36-24-12-7-4-8-13-24/h3,5-6,9-11,14-18,24,29H,2,4,7-8,12-13,19-21H2,1H3,(H,36,39)/t29-/m1/s1. The Bertz CT molecular complexity index is 1280. The third kappa shape index (κ3) is 8.25. The third-order valence-electron chi connectivity index (χ3n) is 7.37. The minimum absolute atomic E-state index is 0.0756. The number of amides is 2. The second kappa shape index (κ2) is 14.9. The lowest BCUT2D eigenvalue weighted by atomic mass is 9.94. The quantitative estimate of drug-likeness (QED) is 0.232. The molecular weight excluding hydrogens is 611 g/mol. The van der Waals surface area contributed by atoms with Crippen molar-refractivity contribution in [2.24, 2.45) is 0 Å². The van der Waals surface area contributed by atoms with Crippen LogP contribution in [0.3, 0.4) is 0 Å². The number of ether oxygens (including phenoxy) is 1. The molecule has 2 amide bonds. The van der Waals surface area contributed by atoms with Crippen molar-refractivity contribution < 1.29 is 14.3 Å².